The summed E-state index contributed by atoms with van der Waals surface area (Å²) in [7, 11) is 0. The van der Waals surface area contributed by atoms with E-state index >= 15 is 0 Å². The lowest BCUT2D eigenvalue weighted by molar-refractivity contribution is 1.18. The van der Waals surface area contributed by atoms with Gasteiger partial charge in [-0.2, -0.15) is 0 Å². The Bertz CT molecular complexity index is 1540. The molecule has 3 heteroatoms. The minimum Gasteiger partial charge on any atom is -0.236 e. The topological polar surface area (TPSA) is 25.8 Å². The van der Waals surface area contributed by atoms with E-state index in [0.29, 0.717) is 0 Å². The van der Waals surface area contributed by atoms with E-state index in [2.05, 4.69) is 88.8 Å². The highest BCUT2D eigenvalue weighted by Crippen LogP contribution is 2.46. The standard InChI is InChI=1S/C30H20N2S/c1-3-11-21(12-4-1)24-15-7-8-16-25(24)29-27-18-10-9-17-26(27)28(33-29)23-19-31-30(32-20-23)22-13-5-2-6-14-22/h1-20H. The van der Waals surface area contributed by atoms with Crippen molar-refractivity contribution in [2.24, 2.45) is 0 Å². The van der Waals surface area contributed by atoms with Crippen LogP contribution in [0.25, 0.3) is 54.2 Å². The Morgan fingerprint density at radius 2 is 0.939 bits per heavy atom. The van der Waals surface area contributed by atoms with Gasteiger partial charge >= 0.3 is 0 Å². The maximum absolute atomic E-state index is 4.67. The highest BCUT2D eigenvalue weighted by Gasteiger charge is 2.17. The predicted octanol–water partition coefficient (Wildman–Crippen LogP) is 8.36. The third-order valence-electron chi connectivity index (χ3n) is 5.82. The van der Waals surface area contributed by atoms with Crippen molar-refractivity contribution >= 4 is 22.1 Å². The van der Waals surface area contributed by atoms with Crippen molar-refractivity contribution in [3.05, 3.63) is 122 Å². The minimum absolute atomic E-state index is 0.745. The molecule has 156 valence electrons. The summed E-state index contributed by atoms with van der Waals surface area (Å²) in [4.78, 5) is 11.8. The second-order valence-corrected chi connectivity index (χ2v) is 8.90. The van der Waals surface area contributed by atoms with Gasteiger partial charge in [0.25, 0.3) is 0 Å². The molecule has 0 bridgehead atoms. The highest BCUT2D eigenvalue weighted by molar-refractivity contribution is 7.21. The van der Waals surface area contributed by atoms with E-state index in [0.717, 1.165) is 17.0 Å². The fourth-order valence-electron chi connectivity index (χ4n) is 4.24. The van der Waals surface area contributed by atoms with Crippen molar-refractivity contribution in [1.29, 1.82) is 0 Å². The fourth-order valence-corrected chi connectivity index (χ4v) is 5.53. The molecule has 0 saturated carbocycles. The summed E-state index contributed by atoms with van der Waals surface area (Å²) < 4.78 is 0. The third kappa shape index (κ3) is 3.63. The molecule has 2 aromatic heterocycles. The van der Waals surface area contributed by atoms with Crippen molar-refractivity contribution in [2.75, 3.05) is 0 Å². The number of hydrogen-bond donors (Lipinski definition) is 0. The lowest BCUT2D eigenvalue weighted by Gasteiger charge is -2.09. The van der Waals surface area contributed by atoms with Crippen molar-refractivity contribution < 1.29 is 0 Å². The van der Waals surface area contributed by atoms with Crippen LogP contribution < -0.4 is 0 Å². The van der Waals surface area contributed by atoms with Crippen LogP contribution >= 0.6 is 11.3 Å². The molecule has 6 aromatic rings. The number of thiophene rings is 1. The van der Waals surface area contributed by atoms with Crippen molar-refractivity contribution in [3.63, 3.8) is 0 Å². The summed E-state index contributed by atoms with van der Waals surface area (Å²) in [5.74, 6) is 0.745. The van der Waals surface area contributed by atoms with Crippen LogP contribution in [-0.2, 0) is 0 Å². The molecule has 0 saturated heterocycles. The molecule has 0 radical (unpaired) electrons. The molecule has 2 heterocycles. The number of aromatic nitrogens is 2. The Labute approximate surface area is 196 Å². The van der Waals surface area contributed by atoms with E-state index in [1.165, 1.54) is 37.2 Å². The van der Waals surface area contributed by atoms with E-state index in [-0.39, 0.29) is 0 Å². The van der Waals surface area contributed by atoms with Crippen LogP contribution in [0.4, 0.5) is 0 Å². The van der Waals surface area contributed by atoms with Crippen LogP contribution in [0.15, 0.2) is 122 Å². The Balaban J connectivity index is 1.50. The van der Waals surface area contributed by atoms with Gasteiger partial charge in [-0.15, -0.1) is 11.3 Å². The lowest BCUT2D eigenvalue weighted by atomic mass is 9.97. The number of fused-ring (bicyclic) bond motifs is 1. The van der Waals surface area contributed by atoms with E-state index in [4.69, 9.17) is 0 Å². The predicted molar refractivity (Wildman–Crippen MR) is 139 cm³/mol. The Kier molecular flexibility index (Phi) is 5.02. The maximum Gasteiger partial charge on any atom is 0.159 e. The first-order chi connectivity index (χ1) is 16.4. The summed E-state index contributed by atoms with van der Waals surface area (Å²) in [6.07, 6.45) is 3.89. The number of rotatable bonds is 4. The molecule has 0 unspecified atom stereocenters. The molecule has 0 N–H and O–H groups in total. The normalized spacial score (nSPS) is 11.0. The first kappa shape index (κ1) is 19.6. The van der Waals surface area contributed by atoms with Gasteiger partial charge in [-0.05, 0) is 11.1 Å². The monoisotopic (exact) mass is 440 g/mol. The number of nitrogens with zero attached hydrogens (tertiary/aromatic N) is 2. The zero-order valence-corrected chi connectivity index (χ0v) is 18.7. The summed E-state index contributed by atoms with van der Waals surface area (Å²) in [6.45, 7) is 0. The Morgan fingerprint density at radius 3 is 1.61 bits per heavy atom. The summed E-state index contributed by atoms with van der Waals surface area (Å²) in [5.41, 5.74) is 5.78. The van der Waals surface area contributed by atoms with Gasteiger partial charge in [0.1, 0.15) is 0 Å². The van der Waals surface area contributed by atoms with Gasteiger partial charge in [0.05, 0.1) is 0 Å². The average Bonchev–Trinajstić information content (AvgIpc) is 3.29. The van der Waals surface area contributed by atoms with E-state index in [9.17, 15) is 0 Å². The van der Waals surface area contributed by atoms with E-state index < -0.39 is 0 Å². The highest BCUT2D eigenvalue weighted by atomic mass is 32.1. The van der Waals surface area contributed by atoms with Gasteiger partial charge < -0.3 is 0 Å². The van der Waals surface area contributed by atoms with Gasteiger partial charge in [-0.25, -0.2) is 9.97 Å². The molecule has 0 amide bonds. The van der Waals surface area contributed by atoms with Crippen LogP contribution in [0.2, 0.25) is 0 Å². The lowest BCUT2D eigenvalue weighted by Crippen LogP contribution is -1.88. The van der Waals surface area contributed by atoms with Gasteiger partial charge in [-0.1, -0.05) is 109 Å². The van der Waals surface area contributed by atoms with Crippen LogP contribution in [0.1, 0.15) is 0 Å². The van der Waals surface area contributed by atoms with Crippen molar-refractivity contribution in [2.45, 2.75) is 0 Å². The average molecular weight is 441 g/mol. The largest absolute Gasteiger partial charge is 0.236 e. The minimum atomic E-state index is 0.745. The van der Waals surface area contributed by atoms with Gasteiger partial charge in [0.15, 0.2) is 5.82 Å². The van der Waals surface area contributed by atoms with E-state index in [1.807, 2.05) is 54.1 Å². The molecule has 33 heavy (non-hydrogen) atoms. The second kappa shape index (κ2) is 8.45. The Hall–Kier alpha value is -4.08. The van der Waals surface area contributed by atoms with Gasteiger partial charge in [0, 0.05) is 49.6 Å². The quantitative estimate of drug-likeness (QED) is 0.275. The van der Waals surface area contributed by atoms with Crippen molar-refractivity contribution in [3.8, 4) is 43.4 Å². The molecule has 0 aliphatic carbocycles. The van der Waals surface area contributed by atoms with Crippen LogP contribution in [-0.4, -0.2) is 9.97 Å². The van der Waals surface area contributed by atoms with Gasteiger partial charge in [0.2, 0.25) is 0 Å². The fraction of sp³-hybridized carbons (Fsp3) is 0. The molecule has 4 aromatic carbocycles. The van der Waals surface area contributed by atoms with Crippen LogP contribution in [0.5, 0.6) is 0 Å². The zero-order chi connectivity index (χ0) is 22.0. The molecule has 2 nitrogen and oxygen atoms in total. The molecule has 0 aliphatic heterocycles. The zero-order valence-electron chi connectivity index (χ0n) is 17.8. The van der Waals surface area contributed by atoms with E-state index in [1.54, 1.807) is 0 Å². The SMILES string of the molecule is c1ccc(-c2ncc(-c3sc(-c4ccccc4-c4ccccc4)c4ccccc34)cn2)cc1. The first-order valence-electron chi connectivity index (χ1n) is 10.9. The Morgan fingerprint density at radius 1 is 0.424 bits per heavy atom. The van der Waals surface area contributed by atoms with Crippen molar-refractivity contribution in [1.82, 2.24) is 9.97 Å². The van der Waals surface area contributed by atoms with Gasteiger partial charge in [-0.3, -0.25) is 0 Å². The first-order valence-corrected chi connectivity index (χ1v) is 11.7. The maximum atomic E-state index is 4.67. The van der Waals surface area contributed by atoms with Crippen LogP contribution in [0.3, 0.4) is 0 Å². The third-order valence-corrected chi connectivity index (χ3v) is 7.13. The molecule has 0 aliphatic rings. The molecular formula is C30H20N2S. The summed E-state index contributed by atoms with van der Waals surface area (Å²) in [6, 6.07) is 38.0. The molecular weight excluding hydrogens is 420 g/mol. The second-order valence-electron chi connectivity index (χ2n) is 7.88. The van der Waals surface area contributed by atoms with Crippen LogP contribution in [0, 0.1) is 0 Å². The molecule has 0 spiro atoms. The molecule has 0 atom stereocenters. The smallest absolute Gasteiger partial charge is 0.159 e. The summed E-state index contributed by atoms with van der Waals surface area (Å²) in [5, 5.41) is 2.49. The number of benzene rings is 4. The number of hydrogen-bond acceptors (Lipinski definition) is 3. The molecule has 0 fully saturated rings. The summed E-state index contributed by atoms with van der Waals surface area (Å²) >= 11 is 1.81. The molecule has 6 rings (SSSR count).